The summed E-state index contributed by atoms with van der Waals surface area (Å²) in [6, 6.07) is 12.0. The van der Waals surface area contributed by atoms with E-state index in [0.717, 1.165) is 49.0 Å². The van der Waals surface area contributed by atoms with Crippen molar-refractivity contribution in [1.82, 2.24) is 14.5 Å². The lowest BCUT2D eigenvalue weighted by Crippen LogP contribution is -2.18. The number of aryl methyl sites for hydroxylation is 3. The Hall–Kier alpha value is -3.39. The Labute approximate surface area is 196 Å². The van der Waals surface area contributed by atoms with E-state index in [1.165, 1.54) is 19.0 Å². The predicted octanol–water partition coefficient (Wildman–Crippen LogP) is 3.53. The van der Waals surface area contributed by atoms with Crippen LogP contribution in [0.5, 0.6) is 0 Å². The van der Waals surface area contributed by atoms with Crippen molar-refractivity contribution in [3.05, 3.63) is 76.2 Å². The van der Waals surface area contributed by atoms with Crippen molar-refractivity contribution in [2.45, 2.75) is 59.4 Å². The van der Waals surface area contributed by atoms with Gasteiger partial charge in [0.1, 0.15) is 5.69 Å². The van der Waals surface area contributed by atoms with Gasteiger partial charge in [0.05, 0.1) is 0 Å². The molecular weight excluding hydrogens is 414 g/mol. The lowest BCUT2D eigenvalue weighted by Gasteiger charge is -2.07. The van der Waals surface area contributed by atoms with E-state index in [1.54, 1.807) is 10.8 Å². The molecule has 0 atom stereocenters. The number of H-pyrrole nitrogens is 1. The van der Waals surface area contributed by atoms with Crippen molar-refractivity contribution in [2.24, 2.45) is 22.4 Å². The fraction of sp³-hybridized carbons (Fsp3) is 0.400. The standard InChI is InChI=1S/C13H14N4.C11H20N2O.CH5N/c1-9-4-6-10(7-5-9)11-3-2-8-16-12(11)13(14)17-15;1-3-5-7-10-9-13(8-6-4-2)11(14)12-10;1-2/h2-8H,15H2,1H3,(H2,14,17);9H,3-8H2,1-2H3,(H,12,14);2H2,1H3. The van der Waals surface area contributed by atoms with Crippen LogP contribution >= 0.6 is 0 Å². The van der Waals surface area contributed by atoms with Crippen LogP contribution in [0.3, 0.4) is 0 Å². The number of unbranched alkanes of at least 4 members (excludes halogenated alkanes) is 2. The average Bonchev–Trinajstić information content (AvgIpc) is 3.22. The summed E-state index contributed by atoms with van der Waals surface area (Å²) in [5, 5.41) is 3.49. The molecule has 0 saturated carbocycles. The zero-order valence-electron chi connectivity index (χ0n) is 20.3. The largest absolute Gasteiger partial charge is 0.380 e. The van der Waals surface area contributed by atoms with E-state index < -0.39 is 0 Å². The van der Waals surface area contributed by atoms with Crippen molar-refractivity contribution in [3.63, 3.8) is 0 Å². The molecule has 0 aliphatic rings. The lowest BCUT2D eigenvalue weighted by atomic mass is 10.0. The molecule has 8 heteroatoms. The fourth-order valence-electron chi connectivity index (χ4n) is 3.11. The summed E-state index contributed by atoms with van der Waals surface area (Å²) in [6.45, 7) is 7.18. The number of nitrogens with one attached hydrogen (secondary N) is 1. The summed E-state index contributed by atoms with van der Waals surface area (Å²) < 4.78 is 1.79. The van der Waals surface area contributed by atoms with Gasteiger partial charge >= 0.3 is 5.69 Å². The summed E-state index contributed by atoms with van der Waals surface area (Å²) in [5.41, 5.74) is 15.1. The Morgan fingerprint density at radius 3 is 2.36 bits per heavy atom. The number of nitrogens with two attached hydrogens (primary N) is 3. The number of benzene rings is 1. The molecule has 0 aliphatic carbocycles. The van der Waals surface area contributed by atoms with E-state index in [9.17, 15) is 4.79 Å². The number of imidazole rings is 1. The maximum atomic E-state index is 11.4. The number of nitrogens with zero attached hydrogens (tertiary/aromatic N) is 3. The molecule has 2 heterocycles. The van der Waals surface area contributed by atoms with Crippen LogP contribution in [-0.2, 0) is 13.0 Å². The van der Waals surface area contributed by atoms with E-state index in [1.807, 2.05) is 49.5 Å². The minimum absolute atomic E-state index is 0.0459. The molecule has 3 rings (SSSR count). The number of aromatic amines is 1. The predicted molar refractivity (Wildman–Crippen MR) is 138 cm³/mol. The topological polar surface area (TPSA) is 141 Å². The van der Waals surface area contributed by atoms with Gasteiger partial charge in [0.2, 0.25) is 0 Å². The minimum atomic E-state index is 0.0459. The first-order valence-electron chi connectivity index (χ1n) is 11.4. The van der Waals surface area contributed by atoms with E-state index >= 15 is 0 Å². The van der Waals surface area contributed by atoms with Crippen LogP contribution < -0.4 is 23.0 Å². The van der Waals surface area contributed by atoms with Gasteiger partial charge in [-0.3, -0.25) is 9.55 Å². The van der Waals surface area contributed by atoms with Gasteiger partial charge in [0, 0.05) is 30.2 Å². The Balaban J connectivity index is 0.000000313. The molecule has 2 aromatic heterocycles. The quantitative estimate of drug-likeness (QED) is 0.179. The van der Waals surface area contributed by atoms with E-state index in [-0.39, 0.29) is 11.5 Å². The van der Waals surface area contributed by atoms with Crippen molar-refractivity contribution in [3.8, 4) is 11.1 Å². The van der Waals surface area contributed by atoms with E-state index in [4.69, 9.17) is 11.6 Å². The third kappa shape index (κ3) is 8.94. The Morgan fingerprint density at radius 1 is 1.09 bits per heavy atom. The highest BCUT2D eigenvalue weighted by Gasteiger charge is 2.09. The van der Waals surface area contributed by atoms with Gasteiger partial charge in [-0.25, -0.2) is 4.79 Å². The Kier molecular flexibility index (Phi) is 12.9. The molecular formula is C25H39N7O. The Morgan fingerprint density at radius 2 is 1.76 bits per heavy atom. The molecule has 0 radical (unpaired) electrons. The first kappa shape index (κ1) is 27.6. The molecule has 0 unspecified atom stereocenters. The SMILES string of the molecule is CCCCc1cn(CCCC)c(=O)[nH]1.CN.Cc1ccc(-c2cccnc2/C(N)=N/N)cc1. The minimum Gasteiger partial charge on any atom is -0.380 e. The van der Waals surface area contributed by atoms with Gasteiger partial charge in [-0.1, -0.05) is 62.6 Å². The van der Waals surface area contributed by atoms with Crippen LogP contribution in [-0.4, -0.2) is 27.4 Å². The number of hydrogen-bond acceptors (Lipinski definition) is 5. The van der Waals surface area contributed by atoms with Gasteiger partial charge in [0.15, 0.2) is 5.84 Å². The van der Waals surface area contributed by atoms with Gasteiger partial charge in [-0.05, 0) is 44.9 Å². The van der Waals surface area contributed by atoms with Crippen molar-refractivity contribution < 1.29 is 0 Å². The van der Waals surface area contributed by atoms with Crippen LogP contribution in [0, 0.1) is 6.92 Å². The molecule has 0 spiro atoms. The number of rotatable bonds is 8. The summed E-state index contributed by atoms with van der Waals surface area (Å²) in [6.07, 6.45) is 9.15. The third-order valence-electron chi connectivity index (χ3n) is 4.94. The van der Waals surface area contributed by atoms with Crippen LogP contribution in [0.25, 0.3) is 11.1 Å². The van der Waals surface area contributed by atoms with Crippen LogP contribution in [0.15, 0.2) is 58.7 Å². The first-order valence-corrected chi connectivity index (χ1v) is 11.4. The van der Waals surface area contributed by atoms with Crippen LogP contribution in [0.1, 0.15) is 56.5 Å². The second-order valence-corrected chi connectivity index (χ2v) is 7.51. The number of hydrazone groups is 1. The first-order chi connectivity index (χ1) is 16.0. The molecule has 0 bridgehead atoms. The van der Waals surface area contributed by atoms with Crippen LogP contribution in [0.2, 0.25) is 0 Å². The second kappa shape index (κ2) is 15.4. The normalized spacial score (nSPS) is 10.6. The average molecular weight is 454 g/mol. The molecule has 3 aromatic rings. The highest BCUT2D eigenvalue weighted by molar-refractivity contribution is 6.01. The Bertz CT molecular complexity index is 1020. The number of aromatic nitrogens is 3. The van der Waals surface area contributed by atoms with Crippen LogP contribution in [0.4, 0.5) is 0 Å². The summed E-state index contributed by atoms with van der Waals surface area (Å²) in [7, 11) is 1.50. The maximum Gasteiger partial charge on any atom is 0.325 e. The van der Waals surface area contributed by atoms with Crippen molar-refractivity contribution in [2.75, 3.05) is 7.05 Å². The summed E-state index contributed by atoms with van der Waals surface area (Å²) >= 11 is 0. The number of pyridine rings is 1. The second-order valence-electron chi connectivity index (χ2n) is 7.51. The van der Waals surface area contributed by atoms with Crippen molar-refractivity contribution in [1.29, 1.82) is 0 Å². The summed E-state index contributed by atoms with van der Waals surface area (Å²) in [4.78, 5) is 18.5. The molecule has 0 fully saturated rings. The van der Waals surface area contributed by atoms with Gasteiger partial charge < -0.3 is 22.3 Å². The summed E-state index contributed by atoms with van der Waals surface area (Å²) in [5.74, 6) is 5.44. The molecule has 8 nitrogen and oxygen atoms in total. The monoisotopic (exact) mass is 453 g/mol. The lowest BCUT2D eigenvalue weighted by molar-refractivity contribution is 0.614. The zero-order chi connectivity index (χ0) is 24.6. The highest BCUT2D eigenvalue weighted by atomic mass is 16.1. The fourth-order valence-corrected chi connectivity index (χ4v) is 3.11. The molecule has 0 saturated heterocycles. The molecule has 0 aliphatic heterocycles. The third-order valence-corrected chi connectivity index (χ3v) is 4.94. The van der Waals surface area contributed by atoms with E-state index in [2.05, 4.69) is 34.7 Å². The number of amidine groups is 1. The zero-order valence-corrected chi connectivity index (χ0v) is 20.3. The number of hydrogen-bond donors (Lipinski definition) is 4. The van der Waals surface area contributed by atoms with Gasteiger partial charge in [0.25, 0.3) is 0 Å². The van der Waals surface area contributed by atoms with Crippen molar-refractivity contribution >= 4 is 5.84 Å². The molecule has 33 heavy (non-hydrogen) atoms. The van der Waals surface area contributed by atoms with Gasteiger partial charge in [-0.15, -0.1) is 0 Å². The highest BCUT2D eigenvalue weighted by Crippen LogP contribution is 2.22. The molecule has 1 aromatic carbocycles. The van der Waals surface area contributed by atoms with Gasteiger partial charge in [-0.2, -0.15) is 5.10 Å². The maximum absolute atomic E-state index is 11.4. The molecule has 7 N–H and O–H groups in total. The molecule has 0 amide bonds. The molecule has 180 valence electrons. The van der Waals surface area contributed by atoms with E-state index in [0.29, 0.717) is 5.69 Å². The smallest absolute Gasteiger partial charge is 0.325 e.